The summed E-state index contributed by atoms with van der Waals surface area (Å²) in [6.07, 6.45) is -0.620. The molecule has 1 N–H and O–H groups in total. The second kappa shape index (κ2) is 3.83. The molecule has 0 aliphatic heterocycles. The topological polar surface area (TPSA) is 33.1 Å². The third-order valence-electron chi connectivity index (χ3n) is 2.62. The van der Waals surface area contributed by atoms with Gasteiger partial charge < -0.3 is 5.11 Å². The summed E-state index contributed by atoms with van der Waals surface area (Å²) in [5.41, 5.74) is 2.61. The van der Waals surface area contributed by atoms with Crippen LogP contribution in [0.15, 0.2) is 18.2 Å². The van der Waals surface area contributed by atoms with Gasteiger partial charge in [0.1, 0.15) is 11.3 Å². The number of rotatable bonds is 1. The van der Waals surface area contributed by atoms with Crippen LogP contribution in [0.3, 0.4) is 0 Å². The molecule has 1 unspecified atom stereocenters. The summed E-state index contributed by atoms with van der Waals surface area (Å²) in [4.78, 5) is 4.17. The lowest BCUT2D eigenvalue weighted by molar-refractivity contribution is 0.200. The van der Waals surface area contributed by atoms with Gasteiger partial charge in [0.2, 0.25) is 0 Å². The van der Waals surface area contributed by atoms with Crippen molar-refractivity contribution in [2.45, 2.75) is 26.9 Å². The van der Waals surface area contributed by atoms with Crippen molar-refractivity contribution in [3.8, 4) is 0 Å². The zero-order valence-electron chi connectivity index (χ0n) is 9.58. The van der Waals surface area contributed by atoms with Gasteiger partial charge in [-0.25, -0.2) is 4.39 Å². The third-order valence-corrected chi connectivity index (χ3v) is 2.62. The average molecular weight is 219 g/mol. The number of halogens is 1. The first-order valence-electron chi connectivity index (χ1n) is 5.24. The van der Waals surface area contributed by atoms with Crippen LogP contribution in [0, 0.1) is 19.7 Å². The predicted octanol–water partition coefficient (Wildman–Crippen LogP) is 3.04. The number of aromatic nitrogens is 1. The van der Waals surface area contributed by atoms with Crippen molar-refractivity contribution in [2.75, 3.05) is 0 Å². The third kappa shape index (κ3) is 1.78. The van der Waals surface area contributed by atoms with Gasteiger partial charge in [0.25, 0.3) is 0 Å². The van der Waals surface area contributed by atoms with Crippen LogP contribution in [0.5, 0.6) is 0 Å². The van der Waals surface area contributed by atoms with Crippen molar-refractivity contribution >= 4 is 10.9 Å². The molecule has 0 amide bonds. The number of hydrogen-bond donors (Lipinski definition) is 1. The molecule has 0 spiro atoms. The summed E-state index contributed by atoms with van der Waals surface area (Å²) in [5.74, 6) is -0.333. The molecule has 0 fully saturated rings. The van der Waals surface area contributed by atoms with Gasteiger partial charge in [-0.2, -0.15) is 0 Å². The van der Waals surface area contributed by atoms with Crippen LogP contribution in [0.2, 0.25) is 0 Å². The summed E-state index contributed by atoms with van der Waals surface area (Å²) in [5, 5.41) is 10.4. The molecular weight excluding hydrogens is 205 g/mol. The molecule has 2 rings (SSSR count). The molecule has 2 nitrogen and oxygen atoms in total. The van der Waals surface area contributed by atoms with Gasteiger partial charge in [-0.15, -0.1) is 0 Å². The van der Waals surface area contributed by atoms with E-state index in [2.05, 4.69) is 4.98 Å². The molecular formula is C13H14FNO. The van der Waals surface area contributed by atoms with Gasteiger partial charge in [-0.3, -0.25) is 4.98 Å². The van der Waals surface area contributed by atoms with Gasteiger partial charge >= 0.3 is 0 Å². The Hall–Kier alpha value is -1.48. The number of benzene rings is 1. The second-order valence-corrected chi connectivity index (χ2v) is 4.17. The minimum Gasteiger partial charge on any atom is -0.389 e. The number of aryl methyl sites for hydroxylation is 2. The largest absolute Gasteiger partial charge is 0.389 e. The Balaban J connectivity index is 2.89. The van der Waals surface area contributed by atoms with E-state index in [9.17, 15) is 9.50 Å². The fourth-order valence-electron chi connectivity index (χ4n) is 1.93. The smallest absolute Gasteiger partial charge is 0.149 e. The summed E-state index contributed by atoms with van der Waals surface area (Å²) < 4.78 is 13.7. The maximum atomic E-state index is 13.7. The van der Waals surface area contributed by atoms with E-state index in [4.69, 9.17) is 0 Å². The SMILES string of the molecule is Cc1cc(F)c2nc(C)cc(C(C)O)c2c1. The lowest BCUT2D eigenvalue weighted by atomic mass is 10.0. The van der Waals surface area contributed by atoms with Crippen molar-refractivity contribution in [3.05, 3.63) is 40.8 Å². The number of aliphatic hydroxyl groups is 1. The highest BCUT2D eigenvalue weighted by Gasteiger charge is 2.12. The van der Waals surface area contributed by atoms with Gasteiger partial charge in [-0.05, 0) is 50.1 Å². The maximum Gasteiger partial charge on any atom is 0.149 e. The Bertz CT molecular complexity index is 549. The quantitative estimate of drug-likeness (QED) is 0.799. The molecule has 0 saturated heterocycles. The van der Waals surface area contributed by atoms with Crippen molar-refractivity contribution in [1.29, 1.82) is 0 Å². The molecule has 0 aliphatic carbocycles. The van der Waals surface area contributed by atoms with Crippen molar-refractivity contribution in [2.24, 2.45) is 0 Å². The summed E-state index contributed by atoms with van der Waals surface area (Å²) in [7, 11) is 0. The Morgan fingerprint density at radius 2 is 1.94 bits per heavy atom. The fraction of sp³-hybridized carbons (Fsp3) is 0.308. The Morgan fingerprint density at radius 3 is 2.56 bits per heavy atom. The van der Waals surface area contributed by atoms with Gasteiger partial charge in [0.15, 0.2) is 0 Å². The molecule has 1 heterocycles. The average Bonchev–Trinajstić information content (AvgIpc) is 2.18. The van der Waals surface area contributed by atoms with Gasteiger partial charge in [0.05, 0.1) is 6.10 Å². The van der Waals surface area contributed by atoms with Crippen molar-refractivity contribution < 1.29 is 9.50 Å². The Labute approximate surface area is 93.8 Å². The van der Waals surface area contributed by atoms with E-state index in [1.165, 1.54) is 6.07 Å². The Morgan fingerprint density at radius 1 is 1.25 bits per heavy atom. The number of nitrogens with zero attached hydrogens (tertiary/aromatic N) is 1. The van der Waals surface area contributed by atoms with Gasteiger partial charge in [0, 0.05) is 11.1 Å². The van der Waals surface area contributed by atoms with Crippen LogP contribution in [0.4, 0.5) is 4.39 Å². The number of fused-ring (bicyclic) bond motifs is 1. The van der Waals surface area contributed by atoms with Crippen LogP contribution in [0.25, 0.3) is 10.9 Å². The molecule has 3 heteroatoms. The molecule has 84 valence electrons. The molecule has 0 saturated carbocycles. The number of hydrogen-bond acceptors (Lipinski definition) is 2. The van der Waals surface area contributed by atoms with E-state index in [0.717, 1.165) is 11.1 Å². The molecule has 1 atom stereocenters. The van der Waals surface area contributed by atoms with Crippen LogP contribution in [0.1, 0.15) is 29.8 Å². The van der Waals surface area contributed by atoms with E-state index in [-0.39, 0.29) is 5.82 Å². The zero-order chi connectivity index (χ0) is 11.9. The van der Waals surface area contributed by atoms with E-state index in [1.54, 1.807) is 19.9 Å². The van der Waals surface area contributed by atoms with E-state index >= 15 is 0 Å². The molecule has 16 heavy (non-hydrogen) atoms. The first-order valence-corrected chi connectivity index (χ1v) is 5.24. The van der Waals surface area contributed by atoms with Crippen LogP contribution < -0.4 is 0 Å². The molecule has 0 aliphatic rings. The molecule has 1 aromatic carbocycles. The van der Waals surface area contributed by atoms with Gasteiger partial charge in [-0.1, -0.05) is 0 Å². The molecule has 0 radical (unpaired) electrons. The van der Waals surface area contributed by atoms with Crippen molar-refractivity contribution in [1.82, 2.24) is 4.98 Å². The highest BCUT2D eigenvalue weighted by molar-refractivity contribution is 5.84. The van der Waals surface area contributed by atoms with Crippen molar-refractivity contribution in [3.63, 3.8) is 0 Å². The Kier molecular flexibility index (Phi) is 2.64. The lowest BCUT2D eigenvalue weighted by Crippen LogP contribution is -1.98. The highest BCUT2D eigenvalue weighted by atomic mass is 19.1. The summed E-state index contributed by atoms with van der Waals surface area (Å²) in [6, 6.07) is 5.11. The zero-order valence-corrected chi connectivity index (χ0v) is 9.58. The molecule has 1 aromatic heterocycles. The number of pyridine rings is 1. The van der Waals surface area contributed by atoms with Crippen LogP contribution >= 0.6 is 0 Å². The standard InChI is InChI=1S/C13H14FNO/c1-7-4-11-10(9(3)16)6-8(2)15-13(11)12(14)5-7/h4-6,9,16H,1-3H3. The fourth-order valence-corrected chi connectivity index (χ4v) is 1.93. The maximum absolute atomic E-state index is 13.7. The molecule has 2 aromatic rings. The van der Waals surface area contributed by atoms with E-state index in [1.807, 2.05) is 13.0 Å². The minimum absolute atomic E-state index is 0.333. The predicted molar refractivity (Wildman–Crippen MR) is 61.8 cm³/mol. The van der Waals surface area contributed by atoms with E-state index < -0.39 is 6.10 Å². The number of aliphatic hydroxyl groups excluding tert-OH is 1. The van der Waals surface area contributed by atoms with Crippen LogP contribution in [-0.4, -0.2) is 10.1 Å². The minimum atomic E-state index is -0.620. The highest BCUT2D eigenvalue weighted by Crippen LogP contribution is 2.26. The monoisotopic (exact) mass is 219 g/mol. The second-order valence-electron chi connectivity index (χ2n) is 4.17. The van der Waals surface area contributed by atoms with Crippen LogP contribution in [-0.2, 0) is 0 Å². The molecule has 0 bridgehead atoms. The first-order chi connectivity index (χ1) is 7.49. The summed E-state index contributed by atoms with van der Waals surface area (Å²) in [6.45, 7) is 5.30. The first kappa shape index (κ1) is 11.0. The van der Waals surface area contributed by atoms with E-state index in [0.29, 0.717) is 16.6 Å². The summed E-state index contributed by atoms with van der Waals surface area (Å²) >= 11 is 0. The normalized spacial score (nSPS) is 13.1. The lowest BCUT2D eigenvalue weighted by Gasteiger charge is -2.11.